The van der Waals surface area contributed by atoms with E-state index >= 15 is 0 Å². The van der Waals surface area contributed by atoms with Gasteiger partial charge in [0, 0.05) is 19.3 Å². The molecule has 0 saturated heterocycles. The summed E-state index contributed by atoms with van der Waals surface area (Å²) in [5, 5.41) is 0. The summed E-state index contributed by atoms with van der Waals surface area (Å²) in [6.45, 7) is 6.48. The van der Waals surface area contributed by atoms with Crippen LogP contribution in [0.5, 0.6) is 0 Å². The van der Waals surface area contributed by atoms with E-state index in [2.05, 4.69) is 154 Å². The number of hydrogen-bond acceptors (Lipinski definition) is 6. The molecule has 0 aromatic heterocycles. The molecule has 0 aromatic carbocycles. The first-order valence-electron chi connectivity index (χ1n) is 32.7. The highest BCUT2D eigenvalue weighted by molar-refractivity contribution is 5.71. The van der Waals surface area contributed by atoms with E-state index in [4.69, 9.17) is 14.2 Å². The van der Waals surface area contributed by atoms with Crippen molar-refractivity contribution in [2.45, 2.75) is 297 Å². The molecule has 0 heterocycles. The molecule has 0 fully saturated rings. The maximum atomic E-state index is 12.9. The largest absolute Gasteiger partial charge is 0.462 e. The molecule has 1 atom stereocenters. The number of esters is 3. The van der Waals surface area contributed by atoms with Gasteiger partial charge in [0.2, 0.25) is 0 Å². The predicted octanol–water partition coefficient (Wildman–Crippen LogP) is 22.5. The topological polar surface area (TPSA) is 78.9 Å². The molecule has 1 unspecified atom stereocenters. The summed E-state index contributed by atoms with van der Waals surface area (Å²) < 4.78 is 16.9. The van der Waals surface area contributed by atoms with Crippen LogP contribution < -0.4 is 0 Å². The third-order valence-corrected chi connectivity index (χ3v) is 13.6. The van der Waals surface area contributed by atoms with Gasteiger partial charge in [-0.3, -0.25) is 14.4 Å². The molecule has 0 amide bonds. The molecule has 0 aliphatic carbocycles. The van der Waals surface area contributed by atoms with Gasteiger partial charge in [-0.2, -0.15) is 0 Å². The first-order chi connectivity index (χ1) is 39.0. The fraction of sp³-hybridized carbons (Fsp3) is 0.658. The molecule has 0 aromatic rings. The molecule has 0 aliphatic rings. The summed E-state index contributed by atoms with van der Waals surface area (Å²) in [5.74, 6) is -0.928. The third-order valence-electron chi connectivity index (χ3n) is 13.6. The van der Waals surface area contributed by atoms with E-state index in [1.54, 1.807) is 0 Å². The van der Waals surface area contributed by atoms with Crippen molar-refractivity contribution in [1.29, 1.82) is 0 Å². The van der Waals surface area contributed by atoms with E-state index in [0.29, 0.717) is 19.3 Å². The van der Waals surface area contributed by atoms with Crippen LogP contribution in [0.4, 0.5) is 0 Å². The Morgan fingerprint density at radius 3 is 0.797 bits per heavy atom. The number of carbonyl (C=O) groups is 3. The van der Waals surface area contributed by atoms with Crippen molar-refractivity contribution >= 4 is 17.9 Å². The van der Waals surface area contributed by atoms with Crippen molar-refractivity contribution < 1.29 is 28.6 Å². The summed E-state index contributed by atoms with van der Waals surface area (Å²) in [6, 6.07) is 0. The highest BCUT2D eigenvalue weighted by Crippen LogP contribution is 2.14. The first-order valence-corrected chi connectivity index (χ1v) is 32.7. The normalized spacial score (nSPS) is 13.0. The van der Waals surface area contributed by atoms with Gasteiger partial charge in [-0.1, -0.05) is 264 Å². The highest BCUT2D eigenvalue weighted by atomic mass is 16.6. The van der Waals surface area contributed by atoms with Gasteiger partial charge in [0.25, 0.3) is 0 Å². The summed E-state index contributed by atoms with van der Waals surface area (Å²) in [6.07, 6.45) is 93.2. The van der Waals surface area contributed by atoms with Gasteiger partial charge >= 0.3 is 17.9 Å². The highest BCUT2D eigenvalue weighted by Gasteiger charge is 2.19. The van der Waals surface area contributed by atoms with Gasteiger partial charge in [-0.15, -0.1) is 0 Å². The van der Waals surface area contributed by atoms with Crippen molar-refractivity contribution in [2.75, 3.05) is 13.2 Å². The molecule has 0 radical (unpaired) electrons. The van der Waals surface area contributed by atoms with Crippen molar-refractivity contribution in [1.82, 2.24) is 0 Å². The average molecular weight is 1090 g/mol. The van der Waals surface area contributed by atoms with Gasteiger partial charge in [-0.05, 0) is 141 Å². The van der Waals surface area contributed by atoms with Crippen LogP contribution in [0.3, 0.4) is 0 Å². The van der Waals surface area contributed by atoms with Crippen LogP contribution in [-0.4, -0.2) is 37.2 Å². The number of rotatable bonds is 58. The van der Waals surface area contributed by atoms with Crippen LogP contribution in [0, 0.1) is 0 Å². The van der Waals surface area contributed by atoms with E-state index in [1.165, 1.54) is 96.3 Å². The minimum absolute atomic E-state index is 0.0938. The number of hydrogen-bond donors (Lipinski definition) is 0. The molecule has 0 saturated carbocycles. The molecule has 0 rings (SSSR count). The number of unbranched alkanes of at least 4 members (excludes halogenated alkanes) is 25. The standard InChI is InChI=1S/C73H120O6/c1-4-7-10-13-16-19-22-25-27-28-29-30-31-32-33-34-35-36-37-38-39-40-41-42-43-44-46-48-51-54-57-60-63-66-72(75)78-69-70(68-77-71(74)65-62-59-56-53-50-47-24-21-18-15-12-9-6-3)79-73(76)67-64-61-58-55-52-49-45-26-23-20-17-14-11-8-5-2/h7,10,16,19,21,24-27,29-30,32-33,35-36,38-39,41-42,44-46,70H,4-6,8-9,11-15,17-18,20,22-23,28,31,34,37,40,43,47-69H2,1-3H3/b10-7-,19-16-,24-21-,27-25-,30-29-,33-32-,36-35-,39-38-,42-41-,45-26-,46-44-. The number of carbonyl (C=O) groups excluding carboxylic acids is 3. The first kappa shape index (κ1) is 74.5. The molecule has 0 N–H and O–H groups in total. The Labute approximate surface area is 487 Å². The quantitative estimate of drug-likeness (QED) is 0.0261. The molecule has 0 aliphatic heterocycles. The lowest BCUT2D eigenvalue weighted by molar-refractivity contribution is -0.167. The monoisotopic (exact) mass is 1090 g/mol. The zero-order valence-corrected chi connectivity index (χ0v) is 51.3. The molecule has 0 spiro atoms. The van der Waals surface area contributed by atoms with E-state index in [1.807, 2.05) is 0 Å². The molecule has 0 bridgehead atoms. The molecular weight excluding hydrogens is 973 g/mol. The predicted molar refractivity (Wildman–Crippen MR) is 343 cm³/mol. The van der Waals surface area contributed by atoms with Crippen molar-refractivity contribution in [2.24, 2.45) is 0 Å². The lowest BCUT2D eigenvalue weighted by Crippen LogP contribution is -2.30. The zero-order chi connectivity index (χ0) is 57.1. The Balaban J connectivity index is 4.33. The van der Waals surface area contributed by atoms with Gasteiger partial charge < -0.3 is 14.2 Å². The van der Waals surface area contributed by atoms with Crippen LogP contribution in [0.15, 0.2) is 134 Å². The van der Waals surface area contributed by atoms with Crippen LogP contribution in [0.2, 0.25) is 0 Å². The molecular formula is C73H120O6. The second-order valence-electron chi connectivity index (χ2n) is 21.3. The second kappa shape index (κ2) is 66.1. The Hall–Kier alpha value is -4.45. The van der Waals surface area contributed by atoms with Crippen LogP contribution in [-0.2, 0) is 28.6 Å². The lowest BCUT2D eigenvalue weighted by atomic mass is 10.1. The SMILES string of the molecule is CC/C=C\C/C=C\C/C=C\C/C=C\C/C=C\C/C=C\C/C=C\C/C=C\C/C=C\CCCCCCCC(=O)OCC(COC(=O)CCCCCCC/C=C\CCCCCC)OC(=O)CCCCCCC/C=C\CCCCCCCC. The molecule has 79 heavy (non-hydrogen) atoms. The maximum absolute atomic E-state index is 12.9. The van der Waals surface area contributed by atoms with Crippen molar-refractivity contribution in [3.8, 4) is 0 Å². The van der Waals surface area contributed by atoms with Crippen molar-refractivity contribution in [3.05, 3.63) is 134 Å². The summed E-state index contributed by atoms with van der Waals surface area (Å²) in [5.41, 5.74) is 0. The summed E-state index contributed by atoms with van der Waals surface area (Å²) in [4.78, 5) is 38.3. The van der Waals surface area contributed by atoms with Gasteiger partial charge in [-0.25, -0.2) is 0 Å². The maximum Gasteiger partial charge on any atom is 0.306 e. The van der Waals surface area contributed by atoms with E-state index in [0.717, 1.165) is 154 Å². The Morgan fingerprint density at radius 2 is 0.494 bits per heavy atom. The number of allylic oxidation sites excluding steroid dienone is 22. The minimum Gasteiger partial charge on any atom is -0.462 e. The fourth-order valence-electron chi connectivity index (χ4n) is 8.72. The Bertz CT molecular complexity index is 1680. The number of ether oxygens (including phenoxy) is 3. The molecule has 6 heteroatoms. The van der Waals surface area contributed by atoms with Crippen LogP contribution in [0.25, 0.3) is 0 Å². The summed E-state index contributed by atoms with van der Waals surface area (Å²) >= 11 is 0. The minimum atomic E-state index is -0.798. The fourth-order valence-corrected chi connectivity index (χ4v) is 8.72. The van der Waals surface area contributed by atoms with E-state index < -0.39 is 6.10 Å². The average Bonchev–Trinajstić information content (AvgIpc) is 3.45. The lowest BCUT2D eigenvalue weighted by Gasteiger charge is -2.18. The third kappa shape index (κ3) is 64.3. The van der Waals surface area contributed by atoms with E-state index in [9.17, 15) is 14.4 Å². The molecule has 6 nitrogen and oxygen atoms in total. The van der Waals surface area contributed by atoms with Crippen LogP contribution in [0.1, 0.15) is 290 Å². The Kier molecular flexibility index (Phi) is 62.3. The zero-order valence-electron chi connectivity index (χ0n) is 51.3. The van der Waals surface area contributed by atoms with Gasteiger partial charge in [0.05, 0.1) is 0 Å². The summed E-state index contributed by atoms with van der Waals surface area (Å²) in [7, 11) is 0. The van der Waals surface area contributed by atoms with Gasteiger partial charge in [0.1, 0.15) is 13.2 Å². The Morgan fingerprint density at radius 1 is 0.266 bits per heavy atom. The van der Waals surface area contributed by atoms with Crippen LogP contribution >= 0.6 is 0 Å². The van der Waals surface area contributed by atoms with Crippen molar-refractivity contribution in [3.63, 3.8) is 0 Å². The molecule has 448 valence electrons. The van der Waals surface area contributed by atoms with Gasteiger partial charge in [0.15, 0.2) is 6.10 Å². The second-order valence-corrected chi connectivity index (χ2v) is 21.3. The van der Waals surface area contributed by atoms with E-state index in [-0.39, 0.29) is 31.1 Å². The smallest absolute Gasteiger partial charge is 0.306 e.